The fourth-order valence-corrected chi connectivity index (χ4v) is 1.76. The molecule has 0 fully saturated rings. The zero-order valence-electron chi connectivity index (χ0n) is 9.93. The average molecular weight is 231 g/mol. The van der Waals surface area contributed by atoms with Crippen LogP contribution in [0, 0.1) is 0 Å². The number of fused-ring (bicyclic) bond motifs is 1. The van der Waals surface area contributed by atoms with E-state index in [0.29, 0.717) is 13.1 Å². The fourth-order valence-electron chi connectivity index (χ4n) is 1.76. The number of imidazole rings is 1. The van der Waals surface area contributed by atoms with Gasteiger partial charge in [-0.25, -0.2) is 4.98 Å². The minimum Gasteiger partial charge on any atom is -0.392 e. The number of benzene rings is 1. The highest BCUT2D eigenvalue weighted by Crippen LogP contribution is 2.19. The second kappa shape index (κ2) is 5.01. The molecule has 0 radical (unpaired) electrons. The van der Waals surface area contributed by atoms with E-state index in [1.165, 1.54) is 0 Å². The van der Waals surface area contributed by atoms with Gasteiger partial charge in [-0.1, -0.05) is 18.2 Å². The molecule has 2 N–H and O–H groups in total. The zero-order chi connectivity index (χ0) is 12.3. The summed E-state index contributed by atoms with van der Waals surface area (Å²) >= 11 is 0. The second-order valence-corrected chi connectivity index (χ2v) is 4.05. The molecule has 1 aromatic carbocycles. The molecule has 4 nitrogen and oxygen atoms in total. The van der Waals surface area contributed by atoms with Crippen LogP contribution in [0.5, 0.6) is 0 Å². The predicted octanol–water partition coefficient (Wildman–Crippen LogP) is 2.01. The summed E-state index contributed by atoms with van der Waals surface area (Å²) in [5.74, 6) is 0.770. The molecule has 1 heterocycles. The zero-order valence-corrected chi connectivity index (χ0v) is 9.93. The van der Waals surface area contributed by atoms with Gasteiger partial charge in [0.1, 0.15) is 0 Å². The molecule has 0 saturated heterocycles. The molecule has 0 spiro atoms. The van der Waals surface area contributed by atoms with Crippen LogP contribution in [-0.4, -0.2) is 27.3 Å². The summed E-state index contributed by atoms with van der Waals surface area (Å²) < 4.78 is 2.05. The Kier molecular flexibility index (Phi) is 3.44. The van der Waals surface area contributed by atoms with Crippen LogP contribution in [0.25, 0.3) is 11.0 Å². The van der Waals surface area contributed by atoms with E-state index in [0.717, 1.165) is 17.0 Å². The minimum absolute atomic E-state index is 0.396. The number of aliphatic hydroxyl groups is 1. The third-order valence-corrected chi connectivity index (χ3v) is 2.52. The van der Waals surface area contributed by atoms with Crippen LogP contribution in [0.2, 0.25) is 0 Å². The van der Waals surface area contributed by atoms with Crippen molar-refractivity contribution in [3.8, 4) is 0 Å². The van der Waals surface area contributed by atoms with Gasteiger partial charge in [-0.05, 0) is 19.1 Å². The van der Waals surface area contributed by atoms with E-state index < -0.39 is 6.10 Å². The van der Waals surface area contributed by atoms with Gasteiger partial charge < -0.3 is 15.0 Å². The largest absolute Gasteiger partial charge is 0.392 e. The number of anilines is 1. The van der Waals surface area contributed by atoms with Crippen molar-refractivity contribution < 1.29 is 5.11 Å². The van der Waals surface area contributed by atoms with Crippen molar-refractivity contribution in [3.05, 3.63) is 36.9 Å². The number of nitrogens with zero attached hydrogens (tertiary/aromatic N) is 2. The summed E-state index contributed by atoms with van der Waals surface area (Å²) in [7, 11) is 0. The first-order valence-electron chi connectivity index (χ1n) is 5.70. The number of para-hydroxylation sites is 2. The van der Waals surface area contributed by atoms with Crippen LogP contribution in [0.3, 0.4) is 0 Å². The lowest BCUT2D eigenvalue weighted by atomic mass is 10.3. The molecule has 90 valence electrons. The van der Waals surface area contributed by atoms with Gasteiger partial charge in [0.15, 0.2) is 0 Å². The molecule has 2 rings (SSSR count). The molecule has 0 aliphatic rings. The molecule has 0 amide bonds. The highest BCUT2D eigenvalue weighted by molar-refractivity contribution is 5.78. The maximum absolute atomic E-state index is 9.29. The molecule has 0 aliphatic carbocycles. The van der Waals surface area contributed by atoms with Crippen molar-refractivity contribution in [2.45, 2.75) is 19.6 Å². The number of hydrogen-bond donors (Lipinski definition) is 2. The average Bonchev–Trinajstić information content (AvgIpc) is 2.66. The molecule has 17 heavy (non-hydrogen) atoms. The lowest BCUT2D eigenvalue weighted by Crippen LogP contribution is -2.18. The van der Waals surface area contributed by atoms with E-state index in [2.05, 4.69) is 16.9 Å². The van der Waals surface area contributed by atoms with Gasteiger partial charge in [0.05, 0.1) is 17.1 Å². The van der Waals surface area contributed by atoms with Crippen LogP contribution in [0.15, 0.2) is 36.9 Å². The SMILES string of the molecule is C=CCn1c(NCC(C)O)nc2ccccc21. The maximum atomic E-state index is 9.29. The van der Waals surface area contributed by atoms with E-state index in [-0.39, 0.29) is 0 Å². The summed E-state index contributed by atoms with van der Waals surface area (Å²) in [4.78, 5) is 4.50. The van der Waals surface area contributed by atoms with Crippen molar-refractivity contribution in [2.24, 2.45) is 0 Å². The summed E-state index contributed by atoms with van der Waals surface area (Å²) in [5.41, 5.74) is 2.02. The van der Waals surface area contributed by atoms with Crippen LogP contribution in [0.4, 0.5) is 5.95 Å². The summed E-state index contributed by atoms with van der Waals surface area (Å²) in [6.45, 7) is 6.68. The number of rotatable bonds is 5. The highest BCUT2D eigenvalue weighted by Gasteiger charge is 2.09. The Morgan fingerprint density at radius 2 is 2.29 bits per heavy atom. The Balaban J connectivity index is 2.38. The first kappa shape index (κ1) is 11.7. The predicted molar refractivity (Wildman–Crippen MR) is 70.1 cm³/mol. The van der Waals surface area contributed by atoms with Crippen LogP contribution < -0.4 is 5.32 Å². The van der Waals surface area contributed by atoms with Gasteiger partial charge >= 0.3 is 0 Å². The molecule has 0 aliphatic heterocycles. The Bertz CT molecular complexity index is 516. The van der Waals surface area contributed by atoms with Gasteiger partial charge in [-0.2, -0.15) is 0 Å². The normalized spacial score (nSPS) is 12.6. The van der Waals surface area contributed by atoms with E-state index in [9.17, 15) is 5.11 Å². The molecule has 0 saturated carbocycles. The van der Waals surface area contributed by atoms with Crippen molar-refractivity contribution in [1.29, 1.82) is 0 Å². The number of nitrogens with one attached hydrogen (secondary N) is 1. The van der Waals surface area contributed by atoms with Gasteiger partial charge in [0.25, 0.3) is 0 Å². The molecule has 0 bridgehead atoms. The van der Waals surface area contributed by atoms with E-state index in [1.54, 1.807) is 6.92 Å². The maximum Gasteiger partial charge on any atom is 0.204 e. The third-order valence-electron chi connectivity index (χ3n) is 2.52. The first-order chi connectivity index (χ1) is 8.22. The van der Waals surface area contributed by atoms with Crippen molar-refractivity contribution in [2.75, 3.05) is 11.9 Å². The minimum atomic E-state index is -0.396. The summed E-state index contributed by atoms with van der Waals surface area (Å²) in [6.07, 6.45) is 1.44. The Morgan fingerprint density at radius 3 is 3.00 bits per heavy atom. The Labute approximate surface area is 101 Å². The Hall–Kier alpha value is -1.81. The number of aliphatic hydroxyl groups excluding tert-OH is 1. The quantitative estimate of drug-likeness (QED) is 0.774. The van der Waals surface area contributed by atoms with Crippen LogP contribution in [0.1, 0.15) is 6.92 Å². The molecular weight excluding hydrogens is 214 g/mol. The van der Waals surface area contributed by atoms with E-state index in [4.69, 9.17) is 0 Å². The van der Waals surface area contributed by atoms with E-state index >= 15 is 0 Å². The molecule has 2 aromatic rings. The molecule has 1 atom stereocenters. The van der Waals surface area contributed by atoms with Crippen molar-refractivity contribution in [1.82, 2.24) is 9.55 Å². The lowest BCUT2D eigenvalue weighted by Gasteiger charge is -2.09. The lowest BCUT2D eigenvalue weighted by molar-refractivity contribution is 0.208. The van der Waals surface area contributed by atoms with E-state index in [1.807, 2.05) is 34.9 Å². The highest BCUT2D eigenvalue weighted by atomic mass is 16.3. The first-order valence-corrected chi connectivity index (χ1v) is 5.70. The molecule has 1 unspecified atom stereocenters. The summed E-state index contributed by atoms with van der Waals surface area (Å²) in [6, 6.07) is 7.95. The van der Waals surface area contributed by atoms with Gasteiger partial charge in [0.2, 0.25) is 5.95 Å². The van der Waals surface area contributed by atoms with Crippen LogP contribution >= 0.6 is 0 Å². The molecule has 1 aromatic heterocycles. The second-order valence-electron chi connectivity index (χ2n) is 4.05. The topological polar surface area (TPSA) is 50.1 Å². The van der Waals surface area contributed by atoms with Gasteiger partial charge in [0, 0.05) is 13.1 Å². The number of allylic oxidation sites excluding steroid dienone is 1. The van der Waals surface area contributed by atoms with Gasteiger partial charge in [-0.15, -0.1) is 6.58 Å². The molecular formula is C13H17N3O. The van der Waals surface area contributed by atoms with Gasteiger partial charge in [-0.3, -0.25) is 0 Å². The monoisotopic (exact) mass is 231 g/mol. The Morgan fingerprint density at radius 1 is 1.53 bits per heavy atom. The number of aromatic nitrogens is 2. The fraction of sp³-hybridized carbons (Fsp3) is 0.308. The summed E-state index contributed by atoms with van der Waals surface area (Å²) in [5, 5.41) is 12.4. The standard InChI is InChI=1S/C13H17N3O/c1-3-8-16-12-7-5-4-6-11(12)15-13(16)14-9-10(2)17/h3-7,10,17H,1,8-9H2,2H3,(H,14,15). The molecule has 4 heteroatoms. The van der Waals surface area contributed by atoms with Crippen LogP contribution in [-0.2, 0) is 6.54 Å². The van der Waals surface area contributed by atoms with Crippen molar-refractivity contribution in [3.63, 3.8) is 0 Å². The number of hydrogen-bond acceptors (Lipinski definition) is 3. The third kappa shape index (κ3) is 2.47. The van der Waals surface area contributed by atoms with Crippen molar-refractivity contribution >= 4 is 17.0 Å². The smallest absolute Gasteiger partial charge is 0.204 e.